The molecule has 1 saturated heterocycles. The van der Waals surface area contributed by atoms with E-state index in [-0.39, 0.29) is 24.2 Å². The quantitative estimate of drug-likeness (QED) is 0.896. The second-order valence-corrected chi connectivity index (χ2v) is 6.58. The monoisotopic (exact) mass is 366 g/mol. The van der Waals surface area contributed by atoms with Crippen molar-refractivity contribution in [1.82, 2.24) is 9.80 Å². The maximum absolute atomic E-state index is 12.5. The second-order valence-electron chi connectivity index (χ2n) is 6.58. The van der Waals surface area contributed by atoms with Gasteiger partial charge in [-0.05, 0) is 26.0 Å². The fraction of sp³-hybridized carbons (Fsp3) is 0.350. The summed E-state index contributed by atoms with van der Waals surface area (Å²) in [6.07, 6.45) is 0. The fourth-order valence-corrected chi connectivity index (χ4v) is 3.09. The molecule has 2 heterocycles. The average molecular weight is 366 g/mol. The Morgan fingerprint density at radius 2 is 1.81 bits per heavy atom. The van der Waals surface area contributed by atoms with Crippen molar-refractivity contribution in [2.75, 3.05) is 38.0 Å². The Hall–Kier alpha value is -3.11. The summed E-state index contributed by atoms with van der Waals surface area (Å²) in [5, 5.41) is 11.9. The maximum Gasteiger partial charge on any atom is 0.253 e. The number of furan rings is 1. The molecule has 0 aliphatic carbocycles. The van der Waals surface area contributed by atoms with E-state index in [1.807, 2.05) is 35.2 Å². The Balaban J connectivity index is 1.52. The van der Waals surface area contributed by atoms with Gasteiger partial charge < -0.3 is 9.32 Å². The van der Waals surface area contributed by atoms with E-state index in [0.29, 0.717) is 43.1 Å². The normalized spacial score (nSPS) is 14.6. The molecule has 0 bridgehead atoms. The van der Waals surface area contributed by atoms with Crippen molar-refractivity contribution in [2.45, 2.75) is 13.8 Å². The first-order valence-electron chi connectivity index (χ1n) is 8.86. The summed E-state index contributed by atoms with van der Waals surface area (Å²) >= 11 is 0. The molecule has 0 spiro atoms. The van der Waals surface area contributed by atoms with Gasteiger partial charge in [0.2, 0.25) is 11.8 Å². The lowest BCUT2D eigenvalue weighted by Crippen LogP contribution is -2.50. The van der Waals surface area contributed by atoms with Crippen molar-refractivity contribution in [1.29, 1.82) is 5.26 Å². The van der Waals surface area contributed by atoms with Crippen LogP contribution in [0.15, 0.2) is 34.7 Å². The summed E-state index contributed by atoms with van der Waals surface area (Å²) in [7, 11) is 0. The summed E-state index contributed by atoms with van der Waals surface area (Å²) in [6.45, 7) is 6.12. The van der Waals surface area contributed by atoms with E-state index in [1.54, 1.807) is 18.7 Å². The van der Waals surface area contributed by atoms with Crippen LogP contribution in [0.3, 0.4) is 0 Å². The lowest BCUT2D eigenvalue weighted by molar-refractivity contribution is -0.117. The third-order valence-corrected chi connectivity index (χ3v) is 4.80. The van der Waals surface area contributed by atoms with Crippen LogP contribution in [-0.4, -0.2) is 54.3 Å². The van der Waals surface area contributed by atoms with E-state index in [0.717, 1.165) is 5.56 Å². The number of hydrogen-bond donors (Lipinski definition) is 1. The van der Waals surface area contributed by atoms with Gasteiger partial charge in [0.15, 0.2) is 0 Å². The first-order chi connectivity index (χ1) is 13.0. The number of carbonyl (C=O) groups excluding carboxylic acids is 2. The Bertz CT molecular complexity index is 875. The summed E-state index contributed by atoms with van der Waals surface area (Å²) in [4.78, 5) is 28.6. The van der Waals surface area contributed by atoms with Crippen LogP contribution in [0.25, 0.3) is 0 Å². The van der Waals surface area contributed by atoms with Crippen molar-refractivity contribution in [3.05, 3.63) is 52.8 Å². The number of piperazine rings is 1. The third-order valence-electron chi connectivity index (χ3n) is 4.80. The molecule has 1 aromatic carbocycles. The molecular formula is C20H22N4O3. The minimum atomic E-state index is -0.233. The predicted octanol–water partition coefficient (Wildman–Crippen LogP) is 2.16. The number of nitriles is 1. The highest BCUT2D eigenvalue weighted by Crippen LogP contribution is 2.25. The molecule has 1 aromatic heterocycles. The molecule has 0 atom stereocenters. The van der Waals surface area contributed by atoms with Gasteiger partial charge in [0.05, 0.1) is 6.54 Å². The Morgan fingerprint density at radius 1 is 1.15 bits per heavy atom. The summed E-state index contributed by atoms with van der Waals surface area (Å²) in [5.74, 6) is 0.605. The largest absolute Gasteiger partial charge is 0.444 e. The minimum Gasteiger partial charge on any atom is -0.444 e. The van der Waals surface area contributed by atoms with Crippen molar-refractivity contribution in [3.8, 4) is 6.07 Å². The van der Waals surface area contributed by atoms with Gasteiger partial charge in [0.25, 0.3) is 5.91 Å². The van der Waals surface area contributed by atoms with E-state index in [1.165, 1.54) is 0 Å². The molecule has 1 N–H and O–H groups in total. The molecule has 1 fully saturated rings. The van der Waals surface area contributed by atoms with Gasteiger partial charge in [-0.1, -0.05) is 18.2 Å². The highest BCUT2D eigenvalue weighted by atomic mass is 16.4. The van der Waals surface area contributed by atoms with Gasteiger partial charge in [0, 0.05) is 37.3 Å². The lowest BCUT2D eigenvalue weighted by Gasteiger charge is -2.34. The third kappa shape index (κ3) is 4.18. The number of carbonyl (C=O) groups is 2. The van der Waals surface area contributed by atoms with Crippen molar-refractivity contribution in [3.63, 3.8) is 0 Å². The first-order valence-corrected chi connectivity index (χ1v) is 8.86. The van der Waals surface area contributed by atoms with Gasteiger partial charge in [-0.15, -0.1) is 0 Å². The number of hydrogen-bond acceptors (Lipinski definition) is 5. The molecule has 3 rings (SSSR count). The number of anilines is 1. The number of nitrogens with zero attached hydrogens (tertiary/aromatic N) is 3. The standard InChI is InChI=1S/C20H22N4O3/c1-14-15(2)27-19(17(14)12-21)22-18(25)13-23-8-10-24(11-9-23)20(26)16-6-4-3-5-7-16/h3-7H,8-11,13H2,1-2H3,(H,22,25). The van der Waals surface area contributed by atoms with Gasteiger partial charge in [-0.3, -0.25) is 19.8 Å². The summed E-state index contributed by atoms with van der Waals surface area (Å²) in [5.41, 5.74) is 1.77. The molecular weight excluding hydrogens is 344 g/mol. The van der Waals surface area contributed by atoms with Crippen LogP contribution in [0.1, 0.15) is 27.2 Å². The first kappa shape index (κ1) is 18.7. The van der Waals surface area contributed by atoms with Gasteiger partial charge in [0.1, 0.15) is 17.4 Å². The smallest absolute Gasteiger partial charge is 0.253 e. The van der Waals surface area contributed by atoms with Crippen LogP contribution in [0.2, 0.25) is 0 Å². The molecule has 27 heavy (non-hydrogen) atoms. The van der Waals surface area contributed by atoms with Gasteiger partial charge in [-0.2, -0.15) is 5.26 Å². The summed E-state index contributed by atoms with van der Waals surface area (Å²) in [6, 6.07) is 11.3. The van der Waals surface area contributed by atoms with Gasteiger partial charge >= 0.3 is 0 Å². The fourth-order valence-electron chi connectivity index (χ4n) is 3.09. The molecule has 2 amide bonds. The Labute approximate surface area is 158 Å². The topological polar surface area (TPSA) is 89.6 Å². The number of aryl methyl sites for hydroxylation is 1. The molecule has 2 aromatic rings. The van der Waals surface area contributed by atoms with Crippen LogP contribution in [-0.2, 0) is 4.79 Å². The van der Waals surface area contributed by atoms with E-state index < -0.39 is 0 Å². The molecule has 0 unspecified atom stereocenters. The van der Waals surface area contributed by atoms with Gasteiger partial charge in [-0.25, -0.2) is 0 Å². The van der Waals surface area contributed by atoms with Crippen LogP contribution in [0.4, 0.5) is 5.88 Å². The lowest BCUT2D eigenvalue weighted by atomic mass is 10.2. The average Bonchev–Trinajstić information content (AvgIpc) is 2.95. The molecule has 7 heteroatoms. The second kappa shape index (κ2) is 8.06. The van der Waals surface area contributed by atoms with E-state index >= 15 is 0 Å². The number of nitrogens with one attached hydrogen (secondary N) is 1. The molecule has 0 radical (unpaired) electrons. The number of amides is 2. The molecule has 140 valence electrons. The van der Waals surface area contributed by atoms with E-state index in [4.69, 9.17) is 4.42 Å². The van der Waals surface area contributed by atoms with Crippen LogP contribution in [0.5, 0.6) is 0 Å². The maximum atomic E-state index is 12.5. The van der Waals surface area contributed by atoms with Crippen LogP contribution < -0.4 is 5.32 Å². The molecule has 0 saturated carbocycles. The predicted molar refractivity (Wildman–Crippen MR) is 100 cm³/mol. The highest BCUT2D eigenvalue weighted by Gasteiger charge is 2.24. The number of rotatable bonds is 4. The van der Waals surface area contributed by atoms with Crippen molar-refractivity contribution in [2.24, 2.45) is 0 Å². The molecule has 7 nitrogen and oxygen atoms in total. The van der Waals surface area contributed by atoms with Crippen LogP contribution in [0, 0.1) is 25.2 Å². The Kier molecular flexibility index (Phi) is 5.57. The minimum absolute atomic E-state index is 0.0138. The zero-order valence-electron chi connectivity index (χ0n) is 15.5. The SMILES string of the molecule is Cc1oc(NC(=O)CN2CCN(C(=O)c3ccccc3)CC2)c(C#N)c1C. The summed E-state index contributed by atoms with van der Waals surface area (Å²) < 4.78 is 5.47. The highest BCUT2D eigenvalue weighted by molar-refractivity contribution is 5.94. The van der Waals surface area contributed by atoms with E-state index in [9.17, 15) is 14.9 Å². The Morgan fingerprint density at radius 3 is 2.44 bits per heavy atom. The zero-order valence-corrected chi connectivity index (χ0v) is 15.5. The van der Waals surface area contributed by atoms with E-state index in [2.05, 4.69) is 11.4 Å². The molecule has 1 aliphatic heterocycles. The zero-order chi connectivity index (χ0) is 19.4. The number of benzene rings is 1. The van der Waals surface area contributed by atoms with Crippen LogP contribution >= 0.6 is 0 Å². The molecule has 1 aliphatic rings. The van der Waals surface area contributed by atoms with Crippen molar-refractivity contribution >= 4 is 17.7 Å². The van der Waals surface area contributed by atoms with Crippen molar-refractivity contribution < 1.29 is 14.0 Å².